The second-order valence-corrected chi connectivity index (χ2v) is 8.94. The van der Waals surface area contributed by atoms with Crippen molar-refractivity contribution >= 4 is 37.5 Å². The monoisotopic (exact) mass is 438 g/mol. The van der Waals surface area contributed by atoms with Crippen LogP contribution in [0.1, 0.15) is 21.6 Å². The lowest BCUT2D eigenvalue weighted by atomic mass is 9.99. The van der Waals surface area contributed by atoms with Gasteiger partial charge in [-0.05, 0) is 55.2 Å². The Morgan fingerprint density at radius 3 is 2.48 bits per heavy atom. The van der Waals surface area contributed by atoms with Crippen molar-refractivity contribution in [2.75, 3.05) is 0 Å². The van der Waals surface area contributed by atoms with E-state index in [1.165, 1.54) is 11.1 Å². The number of aryl methyl sites for hydroxylation is 3. The fraction of sp³-hybridized carbons (Fsp3) is 0.182. The largest absolute Gasteiger partial charge is 0.294 e. The lowest BCUT2D eigenvalue weighted by Crippen LogP contribution is -2.21. The molecule has 2 aromatic heterocycles. The number of hydrogen-bond acceptors (Lipinski definition) is 3. The van der Waals surface area contributed by atoms with Crippen LogP contribution in [-0.4, -0.2) is 9.55 Å². The van der Waals surface area contributed by atoms with Crippen molar-refractivity contribution in [3.63, 3.8) is 0 Å². The zero-order valence-corrected chi connectivity index (χ0v) is 17.8. The summed E-state index contributed by atoms with van der Waals surface area (Å²) in [6, 6.07) is 14.4. The van der Waals surface area contributed by atoms with Crippen LogP contribution in [-0.2, 0) is 6.54 Å². The lowest BCUT2D eigenvalue weighted by Gasteiger charge is -2.08. The van der Waals surface area contributed by atoms with Crippen LogP contribution in [0.4, 0.5) is 0 Å². The standard InChI is InChI=1S/C22H19BrN2OS/c1-13-4-7-17(10-14(13)2)19-15(3)27-21-20(19)22(26)25(12-24-21)11-16-5-8-18(23)9-6-16/h4-10,12H,11H2,1-3H3. The smallest absolute Gasteiger partial charge is 0.263 e. The number of rotatable bonds is 3. The van der Waals surface area contributed by atoms with Crippen LogP contribution in [0.2, 0.25) is 0 Å². The van der Waals surface area contributed by atoms with Crippen molar-refractivity contribution in [1.29, 1.82) is 0 Å². The van der Waals surface area contributed by atoms with Gasteiger partial charge in [-0.2, -0.15) is 0 Å². The van der Waals surface area contributed by atoms with E-state index >= 15 is 0 Å². The first-order valence-electron chi connectivity index (χ1n) is 8.74. The molecule has 0 atom stereocenters. The highest BCUT2D eigenvalue weighted by Gasteiger charge is 2.17. The first-order chi connectivity index (χ1) is 12.9. The predicted octanol–water partition coefficient (Wildman–Crippen LogP) is 5.86. The zero-order valence-electron chi connectivity index (χ0n) is 15.4. The van der Waals surface area contributed by atoms with E-state index in [1.54, 1.807) is 22.2 Å². The number of hydrogen-bond donors (Lipinski definition) is 0. The molecule has 3 nitrogen and oxygen atoms in total. The van der Waals surface area contributed by atoms with Gasteiger partial charge in [-0.3, -0.25) is 9.36 Å². The third kappa shape index (κ3) is 3.37. The Labute approximate surface area is 170 Å². The molecule has 0 fully saturated rings. The van der Waals surface area contributed by atoms with Crippen molar-refractivity contribution in [2.24, 2.45) is 0 Å². The van der Waals surface area contributed by atoms with Crippen LogP contribution in [0.3, 0.4) is 0 Å². The zero-order chi connectivity index (χ0) is 19.1. The molecular weight excluding hydrogens is 420 g/mol. The summed E-state index contributed by atoms with van der Waals surface area (Å²) in [7, 11) is 0. The third-order valence-corrected chi connectivity index (χ3v) is 6.46. The van der Waals surface area contributed by atoms with Crippen LogP contribution < -0.4 is 5.56 Å². The van der Waals surface area contributed by atoms with Gasteiger partial charge >= 0.3 is 0 Å². The molecule has 0 unspecified atom stereocenters. The van der Waals surface area contributed by atoms with Gasteiger partial charge in [0.05, 0.1) is 18.3 Å². The Morgan fingerprint density at radius 1 is 1.04 bits per heavy atom. The molecule has 0 saturated heterocycles. The number of benzene rings is 2. The normalized spacial score (nSPS) is 11.3. The van der Waals surface area contributed by atoms with Crippen molar-refractivity contribution in [2.45, 2.75) is 27.3 Å². The summed E-state index contributed by atoms with van der Waals surface area (Å²) in [6.07, 6.45) is 1.66. The van der Waals surface area contributed by atoms with Gasteiger partial charge in [0.2, 0.25) is 0 Å². The van der Waals surface area contributed by atoms with Gasteiger partial charge in [-0.1, -0.05) is 46.3 Å². The molecule has 4 aromatic rings. The maximum atomic E-state index is 13.3. The molecule has 0 aliphatic carbocycles. The summed E-state index contributed by atoms with van der Waals surface area (Å²) in [5, 5.41) is 0.723. The van der Waals surface area contributed by atoms with E-state index < -0.39 is 0 Å². The van der Waals surface area contributed by atoms with Crippen LogP contribution in [0.15, 0.2) is 58.1 Å². The molecular formula is C22H19BrN2OS. The Bertz CT molecular complexity index is 1210. The topological polar surface area (TPSA) is 34.9 Å². The number of fused-ring (bicyclic) bond motifs is 1. The van der Waals surface area contributed by atoms with Crippen molar-refractivity contribution in [3.05, 3.63) is 85.2 Å². The maximum absolute atomic E-state index is 13.3. The first-order valence-corrected chi connectivity index (χ1v) is 10.4. The van der Waals surface area contributed by atoms with E-state index in [-0.39, 0.29) is 5.56 Å². The molecule has 27 heavy (non-hydrogen) atoms. The minimum absolute atomic E-state index is 0.0143. The van der Waals surface area contributed by atoms with E-state index in [9.17, 15) is 4.79 Å². The fourth-order valence-electron chi connectivity index (χ4n) is 3.28. The van der Waals surface area contributed by atoms with E-state index in [0.717, 1.165) is 36.3 Å². The number of halogens is 1. The molecule has 136 valence electrons. The molecule has 0 aliphatic heterocycles. The summed E-state index contributed by atoms with van der Waals surface area (Å²) in [5.41, 5.74) is 5.66. The van der Waals surface area contributed by atoms with Crippen LogP contribution >= 0.6 is 27.3 Å². The summed E-state index contributed by atoms with van der Waals surface area (Å²) >= 11 is 5.03. The molecule has 0 aliphatic rings. The minimum atomic E-state index is 0.0143. The van der Waals surface area contributed by atoms with Gasteiger partial charge in [-0.15, -0.1) is 11.3 Å². The number of aromatic nitrogens is 2. The Kier molecular flexibility index (Phi) is 4.74. The average molecular weight is 439 g/mol. The molecule has 4 rings (SSSR count). The quantitative estimate of drug-likeness (QED) is 0.401. The molecule has 2 heterocycles. The predicted molar refractivity (Wildman–Crippen MR) is 117 cm³/mol. The Balaban J connectivity index is 1.88. The van der Waals surface area contributed by atoms with E-state index in [0.29, 0.717) is 6.54 Å². The SMILES string of the molecule is Cc1ccc(-c2c(C)sc3ncn(Cc4ccc(Br)cc4)c(=O)c23)cc1C. The van der Waals surface area contributed by atoms with Crippen molar-refractivity contribution in [1.82, 2.24) is 9.55 Å². The summed E-state index contributed by atoms with van der Waals surface area (Å²) < 4.78 is 2.72. The molecule has 0 amide bonds. The van der Waals surface area contributed by atoms with E-state index in [4.69, 9.17) is 0 Å². The fourth-order valence-corrected chi connectivity index (χ4v) is 4.55. The van der Waals surface area contributed by atoms with Crippen LogP contribution in [0.5, 0.6) is 0 Å². The highest BCUT2D eigenvalue weighted by atomic mass is 79.9. The number of thiophene rings is 1. The molecule has 0 bridgehead atoms. The van der Waals surface area contributed by atoms with Gasteiger partial charge in [0.15, 0.2) is 0 Å². The van der Waals surface area contributed by atoms with Crippen molar-refractivity contribution in [3.8, 4) is 11.1 Å². The van der Waals surface area contributed by atoms with Crippen LogP contribution in [0, 0.1) is 20.8 Å². The molecule has 0 saturated carbocycles. The Morgan fingerprint density at radius 2 is 1.78 bits per heavy atom. The lowest BCUT2D eigenvalue weighted by molar-refractivity contribution is 0.749. The Hall–Kier alpha value is -2.24. The van der Waals surface area contributed by atoms with Crippen molar-refractivity contribution < 1.29 is 0 Å². The molecule has 0 spiro atoms. The first kappa shape index (κ1) is 18.1. The van der Waals surface area contributed by atoms with Crippen LogP contribution in [0.25, 0.3) is 21.3 Å². The van der Waals surface area contributed by atoms with E-state index in [2.05, 4.69) is 59.9 Å². The summed E-state index contributed by atoms with van der Waals surface area (Å²) in [6.45, 7) is 6.78. The van der Waals surface area contributed by atoms with Gasteiger partial charge < -0.3 is 0 Å². The molecule has 0 radical (unpaired) electrons. The maximum Gasteiger partial charge on any atom is 0.263 e. The second-order valence-electron chi connectivity index (χ2n) is 6.82. The van der Waals surface area contributed by atoms with Gasteiger partial charge in [-0.25, -0.2) is 4.98 Å². The highest BCUT2D eigenvalue weighted by Crippen LogP contribution is 2.36. The minimum Gasteiger partial charge on any atom is -0.294 e. The molecule has 0 N–H and O–H groups in total. The highest BCUT2D eigenvalue weighted by molar-refractivity contribution is 9.10. The molecule has 5 heteroatoms. The van der Waals surface area contributed by atoms with Gasteiger partial charge in [0.1, 0.15) is 4.83 Å². The average Bonchev–Trinajstić information content (AvgIpc) is 2.98. The van der Waals surface area contributed by atoms with E-state index in [1.807, 2.05) is 24.3 Å². The summed E-state index contributed by atoms with van der Waals surface area (Å²) in [5.74, 6) is 0. The van der Waals surface area contributed by atoms with Gasteiger partial charge in [0.25, 0.3) is 5.56 Å². The number of nitrogens with zero attached hydrogens (tertiary/aromatic N) is 2. The second kappa shape index (κ2) is 7.06. The summed E-state index contributed by atoms with van der Waals surface area (Å²) in [4.78, 5) is 19.8. The third-order valence-electron chi connectivity index (χ3n) is 4.92. The van der Waals surface area contributed by atoms with Gasteiger partial charge in [0, 0.05) is 14.9 Å². The molecule has 2 aromatic carbocycles.